The topological polar surface area (TPSA) is 78.9 Å². The summed E-state index contributed by atoms with van der Waals surface area (Å²) < 4.78 is 17.0. The maximum absolute atomic E-state index is 12.9. The van der Waals surface area contributed by atoms with Gasteiger partial charge in [0.1, 0.15) is 13.2 Å². The maximum atomic E-state index is 12.9. The number of hydrogen-bond acceptors (Lipinski definition) is 6. The minimum absolute atomic E-state index is 0.0747. The summed E-state index contributed by atoms with van der Waals surface area (Å²) in [5.74, 6) is -0.866. The number of ether oxygens (including phenoxy) is 3. The highest BCUT2D eigenvalue weighted by Gasteiger charge is 2.19. The lowest BCUT2D eigenvalue weighted by Gasteiger charge is -2.18. The van der Waals surface area contributed by atoms with Crippen molar-refractivity contribution in [3.05, 3.63) is 72.9 Å². The molecule has 0 aliphatic rings. The Morgan fingerprint density at radius 1 is 0.256 bits per heavy atom. The Labute approximate surface area is 510 Å². The van der Waals surface area contributed by atoms with E-state index in [0.717, 1.165) is 89.9 Å². The molecule has 6 heteroatoms. The number of carbonyl (C=O) groups is 3. The summed E-state index contributed by atoms with van der Waals surface area (Å²) in [4.78, 5) is 38.4. The molecule has 0 aliphatic carbocycles. The van der Waals surface area contributed by atoms with E-state index in [1.807, 2.05) is 0 Å². The summed E-state index contributed by atoms with van der Waals surface area (Å²) >= 11 is 0. The highest BCUT2D eigenvalue weighted by atomic mass is 16.6. The molecule has 0 radical (unpaired) electrons. The molecule has 1 unspecified atom stereocenters. The van der Waals surface area contributed by atoms with Crippen LogP contribution in [0.1, 0.15) is 374 Å². The summed E-state index contributed by atoms with van der Waals surface area (Å²) in [5, 5.41) is 0. The Hall–Kier alpha value is -3.15. The van der Waals surface area contributed by atoms with E-state index in [4.69, 9.17) is 14.2 Å². The van der Waals surface area contributed by atoms with Gasteiger partial charge in [-0.2, -0.15) is 0 Å². The Balaban J connectivity index is 4.15. The number of carbonyl (C=O) groups excluding carboxylic acids is 3. The molecule has 0 aromatic rings. The van der Waals surface area contributed by atoms with Crippen molar-refractivity contribution in [2.45, 2.75) is 380 Å². The van der Waals surface area contributed by atoms with E-state index in [1.165, 1.54) is 244 Å². The van der Waals surface area contributed by atoms with Crippen LogP contribution in [-0.2, 0) is 28.6 Å². The van der Waals surface area contributed by atoms with Crippen molar-refractivity contribution < 1.29 is 28.6 Å². The van der Waals surface area contributed by atoms with E-state index >= 15 is 0 Å². The molecule has 476 valence electrons. The maximum Gasteiger partial charge on any atom is 0.306 e. The lowest BCUT2D eigenvalue weighted by atomic mass is 10.0. The Morgan fingerprint density at radius 3 is 0.768 bits per heavy atom. The van der Waals surface area contributed by atoms with E-state index in [0.29, 0.717) is 19.3 Å². The van der Waals surface area contributed by atoms with Gasteiger partial charge in [0.05, 0.1) is 0 Å². The van der Waals surface area contributed by atoms with E-state index in [2.05, 4.69) is 93.7 Å². The minimum atomic E-state index is -0.779. The first-order chi connectivity index (χ1) is 40.5. The third-order valence-electron chi connectivity index (χ3n) is 15.9. The molecular formula is C76H136O6. The largest absolute Gasteiger partial charge is 0.462 e. The molecule has 0 heterocycles. The van der Waals surface area contributed by atoms with Gasteiger partial charge in [0.25, 0.3) is 0 Å². The average Bonchev–Trinajstić information content (AvgIpc) is 3.47. The van der Waals surface area contributed by atoms with Crippen molar-refractivity contribution in [3.8, 4) is 0 Å². The normalized spacial score (nSPS) is 12.5. The zero-order chi connectivity index (χ0) is 59.2. The van der Waals surface area contributed by atoms with Gasteiger partial charge in [-0.3, -0.25) is 14.4 Å². The SMILES string of the molecule is CC/C=C\C/C=C\C/C=C\C/C=C\CCCCCCCCCCCCCCCCCCCCCCC(=O)OCC(COC(=O)CCCCCCC/C=C\CCCCCC)OC(=O)CCCCCCCCC/C=C\CCCCCCCCC. The van der Waals surface area contributed by atoms with Gasteiger partial charge < -0.3 is 14.2 Å². The molecular weight excluding hydrogens is 1010 g/mol. The van der Waals surface area contributed by atoms with E-state index in [-0.39, 0.29) is 31.1 Å². The van der Waals surface area contributed by atoms with Crippen LogP contribution in [0.2, 0.25) is 0 Å². The first kappa shape index (κ1) is 78.8. The lowest BCUT2D eigenvalue weighted by Crippen LogP contribution is -2.30. The summed E-state index contributed by atoms with van der Waals surface area (Å²) in [7, 11) is 0. The Kier molecular flexibility index (Phi) is 67.6. The van der Waals surface area contributed by atoms with Crippen molar-refractivity contribution in [1.82, 2.24) is 0 Å². The highest BCUT2D eigenvalue weighted by molar-refractivity contribution is 5.71. The molecule has 0 amide bonds. The quantitative estimate of drug-likeness (QED) is 0.0261. The van der Waals surface area contributed by atoms with Crippen LogP contribution >= 0.6 is 0 Å². The lowest BCUT2D eigenvalue weighted by molar-refractivity contribution is -0.167. The van der Waals surface area contributed by atoms with Gasteiger partial charge in [0, 0.05) is 19.3 Å². The number of esters is 3. The molecule has 0 aliphatic heterocycles. The summed E-state index contributed by atoms with van der Waals surface area (Å²) in [5.41, 5.74) is 0. The fourth-order valence-electron chi connectivity index (χ4n) is 10.5. The molecule has 0 spiro atoms. The zero-order valence-electron chi connectivity index (χ0n) is 54.8. The van der Waals surface area contributed by atoms with Crippen LogP contribution in [0.5, 0.6) is 0 Å². The molecule has 0 saturated heterocycles. The molecule has 0 N–H and O–H groups in total. The van der Waals surface area contributed by atoms with Crippen molar-refractivity contribution >= 4 is 17.9 Å². The summed E-state index contributed by atoms with van der Waals surface area (Å²) in [6.45, 7) is 6.55. The molecule has 0 rings (SSSR count). The molecule has 0 aromatic carbocycles. The van der Waals surface area contributed by atoms with Crippen molar-refractivity contribution in [2.24, 2.45) is 0 Å². The van der Waals surface area contributed by atoms with Gasteiger partial charge in [0.2, 0.25) is 0 Å². The van der Waals surface area contributed by atoms with E-state index in [9.17, 15) is 14.4 Å². The van der Waals surface area contributed by atoms with Crippen LogP contribution < -0.4 is 0 Å². The van der Waals surface area contributed by atoms with Crippen molar-refractivity contribution in [1.29, 1.82) is 0 Å². The van der Waals surface area contributed by atoms with E-state index in [1.54, 1.807) is 0 Å². The van der Waals surface area contributed by atoms with Crippen LogP contribution in [0, 0.1) is 0 Å². The summed E-state index contributed by atoms with van der Waals surface area (Å²) in [6.07, 6.45) is 92.3. The summed E-state index contributed by atoms with van der Waals surface area (Å²) in [6, 6.07) is 0. The molecule has 0 saturated carbocycles. The Morgan fingerprint density at radius 2 is 0.476 bits per heavy atom. The third-order valence-corrected chi connectivity index (χ3v) is 15.9. The fourth-order valence-corrected chi connectivity index (χ4v) is 10.5. The smallest absolute Gasteiger partial charge is 0.306 e. The molecule has 1 atom stereocenters. The number of allylic oxidation sites excluding steroid dienone is 12. The zero-order valence-corrected chi connectivity index (χ0v) is 54.8. The molecule has 0 fully saturated rings. The van der Waals surface area contributed by atoms with Crippen LogP contribution in [0.3, 0.4) is 0 Å². The first-order valence-electron chi connectivity index (χ1n) is 35.9. The van der Waals surface area contributed by atoms with Crippen molar-refractivity contribution in [3.63, 3.8) is 0 Å². The van der Waals surface area contributed by atoms with Crippen molar-refractivity contribution in [2.75, 3.05) is 13.2 Å². The average molecular weight is 1150 g/mol. The molecule has 0 bridgehead atoms. The van der Waals surface area contributed by atoms with Gasteiger partial charge >= 0.3 is 17.9 Å². The monoisotopic (exact) mass is 1150 g/mol. The Bertz CT molecular complexity index is 1500. The number of hydrogen-bond donors (Lipinski definition) is 0. The first-order valence-corrected chi connectivity index (χ1v) is 35.9. The standard InChI is InChI=1S/C76H136O6/c1-4-7-10-13-16-19-22-25-27-29-31-32-33-34-35-36-37-38-39-40-41-42-43-44-45-47-48-51-54-57-60-63-66-69-75(78)81-72-73(71-80-74(77)68-65-62-59-56-53-50-24-21-18-15-12-9-6-3)82-76(79)70-67-64-61-58-55-52-49-46-30-28-26-23-20-17-14-11-8-5-2/h7,10,16,19,21,24-25,27-28,30-32,73H,4-6,8-9,11-15,17-18,20,22-23,26,29,33-72H2,1-3H3/b10-7-,19-16-,24-21-,27-25-,30-28-,32-31-. The number of unbranched alkanes of at least 4 members (excludes halogenated alkanes) is 43. The van der Waals surface area contributed by atoms with Crippen LogP contribution in [-0.4, -0.2) is 37.2 Å². The second-order valence-electron chi connectivity index (χ2n) is 24.1. The predicted octanol–water partition coefficient (Wildman–Crippen LogP) is 24.8. The van der Waals surface area contributed by atoms with Crippen LogP contribution in [0.25, 0.3) is 0 Å². The van der Waals surface area contributed by atoms with Gasteiger partial charge in [0.15, 0.2) is 6.10 Å². The van der Waals surface area contributed by atoms with Gasteiger partial charge in [-0.05, 0) is 109 Å². The number of rotatable bonds is 66. The van der Waals surface area contributed by atoms with Crippen LogP contribution in [0.15, 0.2) is 72.9 Å². The highest BCUT2D eigenvalue weighted by Crippen LogP contribution is 2.18. The van der Waals surface area contributed by atoms with Gasteiger partial charge in [-0.15, -0.1) is 0 Å². The molecule has 6 nitrogen and oxygen atoms in total. The van der Waals surface area contributed by atoms with Gasteiger partial charge in [-0.1, -0.05) is 318 Å². The fraction of sp³-hybridized carbons (Fsp3) is 0.803. The predicted molar refractivity (Wildman–Crippen MR) is 358 cm³/mol. The van der Waals surface area contributed by atoms with Crippen LogP contribution in [0.4, 0.5) is 0 Å². The second-order valence-corrected chi connectivity index (χ2v) is 24.1. The second kappa shape index (κ2) is 70.3. The third kappa shape index (κ3) is 67.6. The minimum Gasteiger partial charge on any atom is -0.462 e. The van der Waals surface area contributed by atoms with Gasteiger partial charge in [-0.25, -0.2) is 0 Å². The molecule has 0 aromatic heterocycles. The molecule has 82 heavy (non-hydrogen) atoms. The van der Waals surface area contributed by atoms with E-state index < -0.39 is 6.10 Å².